The number of nitrogens with zero attached hydrogens (tertiary/aromatic N) is 6. The van der Waals surface area contributed by atoms with E-state index in [1.807, 2.05) is 6.07 Å². The van der Waals surface area contributed by atoms with Gasteiger partial charge in [-0.05, 0) is 87.9 Å². The van der Waals surface area contributed by atoms with Crippen LogP contribution in [0.15, 0.2) is 24.3 Å². The van der Waals surface area contributed by atoms with Crippen LogP contribution in [0.5, 0.6) is 0 Å². The van der Waals surface area contributed by atoms with E-state index in [1.165, 1.54) is 11.1 Å². The molecule has 0 radical (unpaired) electrons. The van der Waals surface area contributed by atoms with Gasteiger partial charge in [-0.25, -0.2) is 4.98 Å². The summed E-state index contributed by atoms with van der Waals surface area (Å²) < 4.78 is 41.4. The second kappa shape index (κ2) is 15.1. The van der Waals surface area contributed by atoms with Crippen molar-refractivity contribution in [3.05, 3.63) is 46.0 Å². The fourth-order valence-electron chi connectivity index (χ4n) is 7.47. The van der Waals surface area contributed by atoms with Crippen molar-refractivity contribution >= 4 is 50.1 Å². The number of rotatable bonds is 11. The number of carbonyl (C=O) groups excluding carboxylic acids is 1. The van der Waals surface area contributed by atoms with Gasteiger partial charge in [0.1, 0.15) is 22.4 Å². The molecule has 5 heterocycles. The van der Waals surface area contributed by atoms with Crippen molar-refractivity contribution in [3.63, 3.8) is 0 Å². The zero-order valence-electron chi connectivity index (χ0n) is 29.2. The van der Waals surface area contributed by atoms with E-state index in [1.54, 1.807) is 20.2 Å². The van der Waals surface area contributed by atoms with Crippen LogP contribution in [-0.2, 0) is 24.3 Å². The summed E-state index contributed by atoms with van der Waals surface area (Å²) in [5.74, 6) is 1.49. The van der Waals surface area contributed by atoms with Crippen LogP contribution < -0.4 is 16.0 Å². The molecule has 50 heavy (non-hydrogen) atoms. The number of carbonyl (C=O) groups is 1. The maximum atomic E-state index is 13.1. The molecule has 10 nitrogen and oxygen atoms in total. The first-order chi connectivity index (χ1) is 23.9. The predicted molar refractivity (Wildman–Crippen MR) is 192 cm³/mol. The van der Waals surface area contributed by atoms with E-state index in [9.17, 15) is 23.2 Å². The number of piperidine rings is 2. The molecule has 1 aromatic carbocycles. The van der Waals surface area contributed by atoms with Gasteiger partial charge in [0.2, 0.25) is 11.9 Å². The highest BCUT2D eigenvalue weighted by atomic mass is 32.1. The number of nitriles is 1. The van der Waals surface area contributed by atoms with Crippen LogP contribution >= 0.6 is 11.3 Å². The van der Waals surface area contributed by atoms with Gasteiger partial charge in [0.25, 0.3) is 0 Å². The van der Waals surface area contributed by atoms with Gasteiger partial charge in [-0.15, -0.1) is 11.3 Å². The Kier molecular flexibility index (Phi) is 10.9. The molecule has 6 rings (SSSR count). The molecule has 2 aliphatic rings. The fraction of sp³-hybridized carbons (Fsp3) is 0.556. The number of thiophene rings is 1. The third kappa shape index (κ3) is 8.16. The molecule has 2 aliphatic heterocycles. The number of aryl methyl sites for hydroxylation is 1. The van der Waals surface area contributed by atoms with Crippen LogP contribution in [0.4, 0.5) is 24.9 Å². The van der Waals surface area contributed by atoms with Crippen LogP contribution in [0.1, 0.15) is 60.7 Å². The molecule has 268 valence electrons. The molecule has 0 unspecified atom stereocenters. The lowest BCUT2D eigenvalue weighted by atomic mass is 9.92. The topological polar surface area (TPSA) is 114 Å². The van der Waals surface area contributed by atoms with Crippen molar-refractivity contribution in [3.8, 4) is 6.07 Å². The molecule has 1 atom stereocenters. The summed E-state index contributed by atoms with van der Waals surface area (Å²) in [4.78, 5) is 26.5. The van der Waals surface area contributed by atoms with E-state index < -0.39 is 12.6 Å². The predicted octanol–water partition coefficient (Wildman–Crippen LogP) is 6.29. The van der Waals surface area contributed by atoms with E-state index in [0.29, 0.717) is 40.0 Å². The maximum absolute atomic E-state index is 13.1. The Morgan fingerprint density at radius 1 is 1.08 bits per heavy atom. The number of nitrogens with one attached hydrogen (secondary N) is 3. The lowest BCUT2D eigenvalue weighted by Gasteiger charge is -2.36. The molecule has 0 aliphatic carbocycles. The minimum absolute atomic E-state index is 0.110. The van der Waals surface area contributed by atoms with Crippen molar-refractivity contribution in [1.29, 1.82) is 5.26 Å². The average molecular weight is 710 g/mol. The van der Waals surface area contributed by atoms with Gasteiger partial charge < -0.3 is 20.5 Å². The van der Waals surface area contributed by atoms with Crippen LogP contribution in [0, 0.1) is 24.2 Å². The number of likely N-dealkylation sites (tertiary alicyclic amines) is 2. The molecule has 0 bridgehead atoms. The number of aromatic nitrogens is 3. The maximum Gasteiger partial charge on any atom is 0.393 e. The van der Waals surface area contributed by atoms with Crippen LogP contribution in [0.25, 0.3) is 21.1 Å². The van der Waals surface area contributed by atoms with Crippen molar-refractivity contribution in [2.75, 3.05) is 50.9 Å². The fourth-order valence-corrected chi connectivity index (χ4v) is 8.53. The summed E-state index contributed by atoms with van der Waals surface area (Å²) in [6.07, 6.45) is -0.906. The van der Waals surface area contributed by atoms with E-state index in [2.05, 4.69) is 72.3 Å². The third-order valence-electron chi connectivity index (χ3n) is 10.4. The van der Waals surface area contributed by atoms with E-state index in [0.717, 1.165) is 87.2 Å². The Morgan fingerprint density at radius 3 is 2.48 bits per heavy atom. The molecular formula is C36H46F3N9OS. The lowest BCUT2D eigenvalue weighted by molar-refractivity contribution is -0.126. The molecule has 3 N–H and O–H groups in total. The van der Waals surface area contributed by atoms with Crippen molar-refractivity contribution < 1.29 is 18.0 Å². The smallest absolute Gasteiger partial charge is 0.367 e. The van der Waals surface area contributed by atoms with Crippen LogP contribution in [0.3, 0.4) is 0 Å². The van der Waals surface area contributed by atoms with E-state index in [4.69, 9.17) is 0 Å². The molecule has 2 fully saturated rings. The van der Waals surface area contributed by atoms with Crippen LogP contribution in [0.2, 0.25) is 0 Å². The molecule has 0 spiro atoms. The van der Waals surface area contributed by atoms with E-state index in [-0.39, 0.29) is 22.9 Å². The molecule has 3 aromatic heterocycles. The van der Waals surface area contributed by atoms with E-state index >= 15 is 0 Å². The Labute approximate surface area is 295 Å². The monoisotopic (exact) mass is 709 g/mol. The quantitative estimate of drug-likeness (QED) is 0.167. The second-order valence-corrected chi connectivity index (χ2v) is 14.9. The van der Waals surface area contributed by atoms with Crippen molar-refractivity contribution in [1.82, 2.24) is 29.7 Å². The Hall–Kier alpha value is -3.93. The highest BCUT2D eigenvalue weighted by Crippen LogP contribution is 2.35. The number of hydrogen-bond acceptors (Lipinski definition) is 9. The average Bonchev–Trinajstić information content (AvgIpc) is 3.66. The summed E-state index contributed by atoms with van der Waals surface area (Å²) in [7, 11) is 3.39. The Bertz CT molecular complexity index is 1860. The largest absolute Gasteiger partial charge is 0.393 e. The standard InChI is InChI=1S/C36H46F3N9OS/c1-22(47-13-7-24(8-14-47)15-32(49)41-3)20-48-27(19-40)16-29-23(2)25(5-6-31(29)48)21-46-11-9-26(10-12-46)43-33-30-17-28(18-36(37,38)39)50-34(30)45-35(42-4)44-33/h5-6,16-17,22,24,26H,7-15,18,20-21H2,1-4H3,(H,41,49)(H2,42,43,44,45)/t22-/m0/s1. The number of alkyl halides is 3. The zero-order chi connectivity index (χ0) is 35.6. The highest BCUT2D eigenvalue weighted by Gasteiger charge is 2.30. The second-order valence-electron chi connectivity index (χ2n) is 13.8. The number of anilines is 2. The SMILES string of the molecule is CNC(=O)CC1CCN([C@@H](C)Cn2c(C#N)cc3c(C)c(CN4CCC(Nc5nc(NC)nc6sc(CC(F)(F)F)cc56)CC4)ccc32)CC1. The van der Waals surface area contributed by atoms with Crippen molar-refractivity contribution in [2.45, 2.75) is 83.7 Å². The van der Waals surface area contributed by atoms with Gasteiger partial charge in [-0.2, -0.15) is 23.4 Å². The van der Waals surface area contributed by atoms with Gasteiger partial charge in [0.05, 0.1) is 11.8 Å². The van der Waals surface area contributed by atoms with Crippen LogP contribution in [-0.4, -0.2) is 88.8 Å². The molecule has 1 amide bonds. The first kappa shape index (κ1) is 35.9. The summed E-state index contributed by atoms with van der Waals surface area (Å²) in [5.41, 5.74) is 4.18. The molecule has 2 saturated heterocycles. The van der Waals surface area contributed by atoms with Gasteiger partial charge in [0.15, 0.2) is 0 Å². The first-order valence-corrected chi connectivity index (χ1v) is 18.3. The van der Waals surface area contributed by atoms with Gasteiger partial charge in [-0.3, -0.25) is 14.6 Å². The zero-order valence-corrected chi connectivity index (χ0v) is 30.0. The number of benzene rings is 1. The van der Waals surface area contributed by atoms with Gasteiger partial charge in [0, 0.05) is 74.6 Å². The Balaban J connectivity index is 1.08. The number of halogens is 3. The molecule has 4 aromatic rings. The number of fused-ring (bicyclic) bond motifs is 2. The number of hydrogen-bond donors (Lipinski definition) is 3. The normalized spacial score (nSPS) is 17.6. The van der Waals surface area contributed by atoms with Crippen molar-refractivity contribution in [2.24, 2.45) is 5.92 Å². The summed E-state index contributed by atoms with van der Waals surface area (Å²) in [5, 5.41) is 21.0. The molecule has 0 saturated carbocycles. The highest BCUT2D eigenvalue weighted by molar-refractivity contribution is 7.18. The first-order valence-electron chi connectivity index (χ1n) is 17.4. The summed E-state index contributed by atoms with van der Waals surface area (Å²) in [6.45, 7) is 9.55. The third-order valence-corrected chi connectivity index (χ3v) is 11.4. The minimum Gasteiger partial charge on any atom is -0.367 e. The Morgan fingerprint density at radius 2 is 1.82 bits per heavy atom. The van der Waals surface area contributed by atoms with Gasteiger partial charge >= 0.3 is 6.18 Å². The molecular weight excluding hydrogens is 664 g/mol. The van der Waals surface area contributed by atoms with Gasteiger partial charge in [-0.1, -0.05) is 6.07 Å². The minimum atomic E-state index is -4.28. The summed E-state index contributed by atoms with van der Waals surface area (Å²) in [6, 6.07) is 10.8. The molecule has 14 heteroatoms. The lowest BCUT2D eigenvalue weighted by Crippen LogP contribution is -2.42. The summed E-state index contributed by atoms with van der Waals surface area (Å²) >= 11 is 1.06. The number of amides is 1.